The minimum Gasteiger partial charge on any atom is -0.481 e. The summed E-state index contributed by atoms with van der Waals surface area (Å²) in [5, 5.41) is 8.83. The summed E-state index contributed by atoms with van der Waals surface area (Å²) in [6, 6.07) is 2.95. The smallest absolute Gasteiger partial charge is 0.305 e. The van der Waals surface area contributed by atoms with E-state index < -0.39 is 12.0 Å². The van der Waals surface area contributed by atoms with E-state index in [1.54, 1.807) is 23.2 Å². The summed E-state index contributed by atoms with van der Waals surface area (Å²) in [4.78, 5) is 28.3. The zero-order chi connectivity index (χ0) is 11.7. The lowest BCUT2D eigenvalue weighted by atomic mass is 10.1. The van der Waals surface area contributed by atoms with Gasteiger partial charge < -0.3 is 10.0 Å². The predicted molar refractivity (Wildman–Crippen MR) is 55.9 cm³/mol. The van der Waals surface area contributed by atoms with Crippen LogP contribution in [0, 0.1) is 0 Å². The van der Waals surface area contributed by atoms with Gasteiger partial charge in [-0.05, 0) is 19.1 Å². The summed E-state index contributed by atoms with van der Waals surface area (Å²) < 4.78 is 0. The highest BCUT2D eigenvalue weighted by Crippen LogP contribution is 2.33. The first kappa shape index (κ1) is 10.6. The zero-order valence-electron chi connectivity index (χ0n) is 8.88. The van der Waals surface area contributed by atoms with Crippen LogP contribution in [-0.4, -0.2) is 33.4 Å². The Bertz CT molecular complexity index is 445. The molecule has 0 bridgehead atoms. The Morgan fingerprint density at radius 1 is 1.62 bits per heavy atom. The molecule has 0 fully saturated rings. The molecule has 1 unspecified atom stereocenters. The number of fused-ring (bicyclic) bond motifs is 1. The maximum atomic E-state index is 11.9. The molecule has 1 atom stereocenters. The molecule has 84 valence electrons. The molecule has 0 radical (unpaired) electrons. The second kappa shape index (κ2) is 3.92. The fourth-order valence-electron chi connectivity index (χ4n) is 2.04. The number of carboxylic acid groups (broad SMARTS) is 1. The van der Waals surface area contributed by atoms with Crippen molar-refractivity contribution in [3.63, 3.8) is 0 Å². The van der Waals surface area contributed by atoms with Crippen molar-refractivity contribution < 1.29 is 14.7 Å². The molecule has 0 aromatic carbocycles. The van der Waals surface area contributed by atoms with Crippen LogP contribution in [0.3, 0.4) is 0 Å². The van der Waals surface area contributed by atoms with Crippen LogP contribution in [0.25, 0.3) is 0 Å². The lowest BCUT2D eigenvalue weighted by Gasteiger charge is -2.21. The van der Waals surface area contributed by atoms with Crippen LogP contribution >= 0.6 is 0 Å². The number of carboxylic acids is 1. The van der Waals surface area contributed by atoms with E-state index in [4.69, 9.17) is 5.11 Å². The summed E-state index contributed by atoms with van der Waals surface area (Å²) >= 11 is 0. The quantitative estimate of drug-likeness (QED) is 0.827. The fraction of sp³-hybridized carbons (Fsp3) is 0.364. The van der Waals surface area contributed by atoms with Gasteiger partial charge in [-0.15, -0.1) is 0 Å². The number of aliphatic carboxylic acids is 1. The van der Waals surface area contributed by atoms with Gasteiger partial charge in [0, 0.05) is 12.7 Å². The number of hydrogen-bond acceptors (Lipinski definition) is 3. The Hall–Kier alpha value is -1.91. The molecule has 1 aliphatic rings. The van der Waals surface area contributed by atoms with E-state index >= 15 is 0 Å². The van der Waals surface area contributed by atoms with Crippen molar-refractivity contribution in [2.75, 3.05) is 6.54 Å². The van der Waals surface area contributed by atoms with Crippen LogP contribution in [0.5, 0.6) is 0 Å². The first-order valence-electron chi connectivity index (χ1n) is 5.12. The fourth-order valence-corrected chi connectivity index (χ4v) is 2.04. The molecule has 1 amide bonds. The average Bonchev–Trinajstić information content (AvgIpc) is 2.52. The second-order valence-electron chi connectivity index (χ2n) is 3.64. The van der Waals surface area contributed by atoms with Gasteiger partial charge in [0.05, 0.1) is 23.7 Å². The van der Waals surface area contributed by atoms with E-state index in [2.05, 4.69) is 4.98 Å². The van der Waals surface area contributed by atoms with Gasteiger partial charge in [-0.25, -0.2) is 0 Å². The molecule has 2 heterocycles. The number of amides is 1. The van der Waals surface area contributed by atoms with Gasteiger partial charge in [0.2, 0.25) is 0 Å². The topological polar surface area (TPSA) is 70.5 Å². The summed E-state index contributed by atoms with van der Waals surface area (Å²) in [5.41, 5.74) is 1.10. The molecular weight excluding hydrogens is 208 g/mol. The van der Waals surface area contributed by atoms with Gasteiger partial charge in [-0.2, -0.15) is 0 Å². The highest BCUT2D eigenvalue weighted by Gasteiger charge is 2.37. The lowest BCUT2D eigenvalue weighted by molar-refractivity contribution is -0.138. The molecule has 16 heavy (non-hydrogen) atoms. The number of nitrogens with zero attached hydrogens (tertiary/aromatic N) is 2. The summed E-state index contributed by atoms with van der Waals surface area (Å²) in [6.45, 7) is 2.33. The monoisotopic (exact) mass is 220 g/mol. The molecule has 0 spiro atoms. The van der Waals surface area contributed by atoms with Gasteiger partial charge in [0.1, 0.15) is 0 Å². The Balaban J connectivity index is 2.42. The molecule has 1 aromatic heterocycles. The lowest BCUT2D eigenvalue weighted by Crippen LogP contribution is -2.29. The van der Waals surface area contributed by atoms with E-state index in [-0.39, 0.29) is 12.3 Å². The summed E-state index contributed by atoms with van der Waals surface area (Å²) in [5.74, 6) is -1.05. The highest BCUT2D eigenvalue weighted by molar-refractivity contribution is 5.99. The number of pyridine rings is 1. The molecular formula is C11H12N2O3. The van der Waals surface area contributed by atoms with E-state index in [0.29, 0.717) is 17.8 Å². The van der Waals surface area contributed by atoms with Crippen LogP contribution in [0.1, 0.15) is 35.4 Å². The molecule has 5 heteroatoms. The number of hydrogen-bond donors (Lipinski definition) is 1. The van der Waals surface area contributed by atoms with Gasteiger partial charge in [-0.1, -0.05) is 0 Å². The molecule has 5 nitrogen and oxygen atoms in total. The molecule has 1 N–H and O–H groups in total. The van der Waals surface area contributed by atoms with Crippen LogP contribution in [0.4, 0.5) is 0 Å². The third kappa shape index (κ3) is 1.54. The average molecular weight is 220 g/mol. The largest absolute Gasteiger partial charge is 0.481 e. The van der Waals surface area contributed by atoms with Gasteiger partial charge in [0.25, 0.3) is 5.91 Å². The molecule has 1 aromatic rings. The van der Waals surface area contributed by atoms with Crippen LogP contribution in [0.2, 0.25) is 0 Å². The zero-order valence-corrected chi connectivity index (χ0v) is 8.88. The molecule has 0 saturated heterocycles. The number of carbonyl (C=O) groups is 2. The highest BCUT2D eigenvalue weighted by atomic mass is 16.4. The van der Waals surface area contributed by atoms with Crippen LogP contribution < -0.4 is 0 Å². The summed E-state index contributed by atoms with van der Waals surface area (Å²) in [6.07, 6.45) is 1.49. The SMILES string of the molecule is CCN1C(=O)c2cccnc2C1CC(=O)O. The van der Waals surface area contributed by atoms with Crippen molar-refractivity contribution in [1.82, 2.24) is 9.88 Å². The standard InChI is InChI=1S/C11H12N2O3/c1-2-13-8(6-9(14)15)10-7(11(13)16)4-3-5-12-10/h3-5,8H,2,6H2,1H3,(H,14,15). The maximum absolute atomic E-state index is 11.9. The van der Waals surface area contributed by atoms with E-state index in [0.717, 1.165) is 0 Å². The minimum absolute atomic E-state index is 0.0937. The second-order valence-corrected chi connectivity index (χ2v) is 3.64. The third-order valence-electron chi connectivity index (χ3n) is 2.73. The third-order valence-corrected chi connectivity index (χ3v) is 2.73. The molecule has 0 aliphatic carbocycles. The Morgan fingerprint density at radius 2 is 2.38 bits per heavy atom. The van der Waals surface area contributed by atoms with Crippen molar-refractivity contribution in [1.29, 1.82) is 0 Å². The van der Waals surface area contributed by atoms with Crippen molar-refractivity contribution in [2.45, 2.75) is 19.4 Å². The molecule has 0 saturated carbocycles. The minimum atomic E-state index is -0.922. The van der Waals surface area contributed by atoms with Crippen molar-refractivity contribution in [2.24, 2.45) is 0 Å². The summed E-state index contributed by atoms with van der Waals surface area (Å²) in [7, 11) is 0. The van der Waals surface area contributed by atoms with Crippen LogP contribution in [-0.2, 0) is 4.79 Å². The normalized spacial score (nSPS) is 18.7. The molecule has 2 rings (SSSR count). The van der Waals surface area contributed by atoms with Crippen molar-refractivity contribution >= 4 is 11.9 Å². The molecule has 1 aliphatic heterocycles. The van der Waals surface area contributed by atoms with Crippen molar-refractivity contribution in [3.8, 4) is 0 Å². The van der Waals surface area contributed by atoms with Crippen molar-refractivity contribution in [3.05, 3.63) is 29.6 Å². The number of carbonyl (C=O) groups excluding carboxylic acids is 1. The van der Waals surface area contributed by atoms with Gasteiger partial charge in [0.15, 0.2) is 0 Å². The van der Waals surface area contributed by atoms with E-state index in [1.165, 1.54) is 0 Å². The van der Waals surface area contributed by atoms with E-state index in [9.17, 15) is 9.59 Å². The Labute approximate surface area is 92.7 Å². The first-order chi connectivity index (χ1) is 7.65. The Kier molecular flexibility index (Phi) is 2.60. The Morgan fingerprint density at radius 3 is 3.00 bits per heavy atom. The predicted octanol–water partition coefficient (Wildman–Crippen LogP) is 1.07. The van der Waals surface area contributed by atoms with E-state index in [1.807, 2.05) is 6.92 Å². The van der Waals surface area contributed by atoms with Crippen LogP contribution in [0.15, 0.2) is 18.3 Å². The van der Waals surface area contributed by atoms with Gasteiger partial charge in [-0.3, -0.25) is 14.6 Å². The van der Waals surface area contributed by atoms with Gasteiger partial charge >= 0.3 is 5.97 Å². The number of rotatable bonds is 3. The maximum Gasteiger partial charge on any atom is 0.305 e. The first-order valence-corrected chi connectivity index (χ1v) is 5.12. The number of aromatic nitrogens is 1.